The van der Waals surface area contributed by atoms with E-state index < -0.39 is 5.97 Å². The molecule has 0 bridgehead atoms. The number of amides is 1. The van der Waals surface area contributed by atoms with Crippen molar-refractivity contribution in [2.75, 3.05) is 6.54 Å². The summed E-state index contributed by atoms with van der Waals surface area (Å²) in [6, 6.07) is 0. The normalized spacial score (nSPS) is 12.4. The molecule has 0 aliphatic carbocycles. The van der Waals surface area contributed by atoms with Crippen molar-refractivity contribution in [3.8, 4) is 0 Å². The van der Waals surface area contributed by atoms with Crippen molar-refractivity contribution in [2.45, 2.75) is 33.6 Å². The summed E-state index contributed by atoms with van der Waals surface area (Å²) in [7, 11) is 1.78. The fourth-order valence-corrected chi connectivity index (χ4v) is 2.21. The zero-order valence-electron chi connectivity index (χ0n) is 12.5. The maximum atomic E-state index is 12.0. The molecule has 0 aliphatic rings. The lowest BCUT2D eigenvalue weighted by Crippen LogP contribution is -2.31. The van der Waals surface area contributed by atoms with Gasteiger partial charge in [0.05, 0.1) is 11.8 Å². The van der Waals surface area contributed by atoms with Gasteiger partial charge in [0.1, 0.15) is 0 Å². The number of rotatable bonds is 7. The number of carbonyl (C=O) groups excluding carboxylic acids is 1. The average molecular weight is 281 g/mol. The van der Waals surface area contributed by atoms with Crippen molar-refractivity contribution in [1.29, 1.82) is 0 Å². The summed E-state index contributed by atoms with van der Waals surface area (Å²) < 4.78 is 1.64. The fraction of sp³-hybridized carbons (Fsp3) is 0.643. The molecule has 6 nitrogen and oxygen atoms in total. The molecular weight excluding hydrogens is 258 g/mol. The van der Waals surface area contributed by atoms with Crippen LogP contribution in [0.3, 0.4) is 0 Å². The first-order valence-corrected chi connectivity index (χ1v) is 6.79. The summed E-state index contributed by atoms with van der Waals surface area (Å²) in [5, 5.41) is 15.7. The number of hydrogen-bond acceptors (Lipinski definition) is 3. The average Bonchev–Trinajstić information content (AvgIpc) is 2.65. The maximum absolute atomic E-state index is 12.0. The molecule has 1 rings (SSSR count). The van der Waals surface area contributed by atoms with Crippen molar-refractivity contribution in [3.05, 3.63) is 17.5 Å². The second kappa shape index (κ2) is 7.07. The first kappa shape index (κ1) is 16.2. The molecule has 20 heavy (non-hydrogen) atoms. The predicted molar refractivity (Wildman–Crippen MR) is 75.5 cm³/mol. The number of hydrogen-bond donors (Lipinski definition) is 2. The Morgan fingerprint density at radius 1 is 1.45 bits per heavy atom. The maximum Gasteiger partial charge on any atom is 0.303 e. The van der Waals surface area contributed by atoms with E-state index in [1.165, 1.54) is 6.20 Å². The van der Waals surface area contributed by atoms with Gasteiger partial charge in [0.2, 0.25) is 0 Å². The highest BCUT2D eigenvalue weighted by Crippen LogP contribution is 2.15. The van der Waals surface area contributed by atoms with Crippen LogP contribution in [0.1, 0.15) is 42.7 Å². The van der Waals surface area contributed by atoms with Crippen molar-refractivity contribution < 1.29 is 14.7 Å². The number of carboxylic acid groups (broad SMARTS) is 1. The van der Waals surface area contributed by atoms with Gasteiger partial charge in [0.25, 0.3) is 5.91 Å². The molecular formula is C14H23N3O3. The van der Waals surface area contributed by atoms with E-state index in [9.17, 15) is 9.59 Å². The highest BCUT2D eigenvalue weighted by Gasteiger charge is 2.18. The van der Waals surface area contributed by atoms with E-state index in [4.69, 9.17) is 5.11 Å². The Kier molecular flexibility index (Phi) is 5.73. The topological polar surface area (TPSA) is 84.2 Å². The van der Waals surface area contributed by atoms with E-state index in [1.54, 1.807) is 11.7 Å². The molecule has 1 aromatic heterocycles. The van der Waals surface area contributed by atoms with Crippen LogP contribution in [0.2, 0.25) is 0 Å². The number of carbonyl (C=O) groups is 2. The molecule has 1 heterocycles. The zero-order valence-corrected chi connectivity index (χ0v) is 12.5. The van der Waals surface area contributed by atoms with Crippen LogP contribution < -0.4 is 5.32 Å². The predicted octanol–water partition coefficient (Wildman–Crippen LogP) is 1.60. The third-order valence-electron chi connectivity index (χ3n) is 3.30. The second-order valence-corrected chi connectivity index (χ2v) is 5.57. The molecule has 6 heteroatoms. The van der Waals surface area contributed by atoms with Gasteiger partial charge in [0, 0.05) is 25.7 Å². The number of carboxylic acids is 1. The van der Waals surface area contributed by atoms with E-state index in [1.807, 2.05) is 20.8 Å². The van der Waals surface area contributed by atoms with Crippen molar-refractivity contribution in [1.82, 2.24) is 15.1 Å². The fourth-order valence-electron chi connectivity index (χ4n) is 2.21. The SMILES string of the molecule is Cc1c(C(=O)NCC(CC(=O)O)CC(C)C)cnn1C. The van der Waals surface area contributed by atoms with Crippen LogP contribution in [0, 0.1) is 18.8 Å². The molecule has 0 saturated heterocycles. The molecule has 0 saturated carbocycles. The molecule has 0 aromatic carbocycles. The molecule has 1 atom stereocenters. The Morgan fingerprint density at radius 2 is 2.10 bits per heavy atom. The van der Waals surface area contributed by atoms with Gasteiger partial charge in [0.15, 0.2) is 0 Å². The minimum absolute atomic E-state index is 0.0478. The highest BCUT2D eigenvalue weighted by molar-refractivity contribution is 5.95. The van der Waals surface area contributed by atoms with Crippen LogP contribution in [-0.4, -0.2) is 33.3 Å². The summed E-state index contributed by atoms with van der Waals surface area (Å²) in [5.74, 6) is -0.679. The molecule has 0 fully saturated rings. The number of aromatic nitrogens is 2. The quantitative estimate of drug-likeness (QED) is 0.795. The summed E-state index contributed by atoms with van der Waals surface area (Å²) in [6.45, 7) is 6.28. The third kappa shape index (κ3) is 4.68. The van der Waals surface area contributed by atoms with Crippen LogP contribution in [0.4, 0.5) is 0 Å². The molecule has 1 amide bonds. The molecule has 2 N–H and O–H groups in total. The Bertz CT molecular complexity index is 480. The lowest BCUT2D eigenvalue weighted by molar-refractivity contribution is -0.138. The largest absolute Gasteiger partial charge is 0.481 e. The third-order valence-corrected chi connectivity index (χ3v) is 3.30. The minimum atomic E-state index is -0.831. The van der Waals surface area contributed by atoms with Crippen LogP contribution >= 0.6 is 0 Å². The smallest absolute Gasteiger partial charge is 0.303 e. The molecule has 112 valence electrons. The second-order valence-electron chi connectivity index (χ2n) is 5.57. The molecule has 1 aromatic rings. The first-order chi connectivity index (χ1) is 9.31. The van der Waals surface area contributed by atoms with Gasteiger partial charge in [-0.3, -0.25) is 14.3 Å². The lowest BCUT2D eigenvalue weighted by Gasteiger charge is -2.17. The first-order valence-electron chi connectivity index (χ1n) is 6.79. The van der Waals surface area contributed by atoms with Crippen LogP contribution in [-0.2, 0) is 11.8 Å². The van der Waals surface area contributed by atoms with Gasteiger partial charge in [-0.1, -0.05) is 13.8 Å². The highest BCUT2D eigenvalue weighted by atomic mass is 16.4. The van der Waals surface area contributed by atoms with Crippen LogP contribution in [0.15, 0.2) is 6.20 Å². The van der Waals surface area contributed by atoms with Gasteiger partial charge < -0.3 is 10.4 Å². The lowest BCUT2D eigenvalue weighted by atomic mass is 9.94. The Balaban J connectivity index is 2.60. The number of nitrogens with one attached hydrogen (secondary N) is 1. The van der Waals surface area contributed by atoms with Gasteiger partial charge in [-0.25, -0.2) is 0 Å². The Labute approximate surface area is 119 Å². The Morgan fingerprint density at radius 3 is 2.55 bits per heavy atom. The minimum Gasteiger partial charge on any atom is -0.481 e. The standard InChI is InChI=1S/C14H23N3O3/c1-9(2)5-11(6-13(18)19)7-15-14(20)12-8-16-17(4)10(12)3/h8-9,11H,5-7H2,1-4H3,(H,15,20)(H,18,19). The Hall–Kier alpha value is -1.85. The molecule has 0 spiro atoms. The van der Waals surface area contributed by atoms with Crippen LogP contribution in [0.25, 0.3) is 0 Å². The van der Waals surface area contributed by atoms with E-state index in [0.29, 0.717) is 18.0 Å². The molecule has 1 unspecified atom stereocenters. The van der Waals surface area contributed by atoms with Gasteiger partial charge in [-0.2, -0.15) is 5.10 Å². The molecule has 0 aliphatic heterocycles. The van der Waals surface area contributed by atoms with E-state index >= 15 is 0 Å². The van der Waals surface area contributed by atoms with Crippen LogP contribution in [0.5, 0.6) is 0 Å². The van der Waals surface area contributed by atoms with Gasteiger partial charge in [-0.15, -0.1) is 0 Å². The van der Waals surface area contributed by atoms with Crippen molar-refractivity contribution in [3.63, 3.8) is 0 Å². The van der Waals surface area contributed by atoms with E-state index in [2.05, 4.69) is 10.4 Å². The van der Waals surface area contributed by atoms with Crippen molar-refractivity contribution >= 4 is 11.9 Å². The monoisotopic (exact) mass is 281 g/mol. The van der Waals surface area contributed by atoms with E-state index in [0.717, 1.165) is 12.1 Å². The van der Waals surface area contributed by atoms with E-state index in [-0.39, 0.29) is 18.2 Å². The number of nitrogens with zero attached hydrogens (tertiary/aromatic N) is 2. The van der Waals surface area contributed by atoms with Gasteiger partial charge in [-0.05, 0) is 25.2 Å². The molecule has 0 radical (unpaired) electrons. The summed E-state index contributed by atoms with van der Waals surface area (Å²) >= 11 is 0. The van der Waals surface area contributed by atoms with Gasteiger partial charge >= 0.3 is 5.97 Å². The number of aryl methyl sites for hydroxylation is 1. The van der Waals surface area contributed by atoms with Crippen molar-refractivity contribution in [2.24, 2.45) is 18.9 Å². The number of aliphatic carboxylic acids is 1. The zero-order chi connectivity index (χ0) is 15.3. The summed E-state index contributed by atoms with van der Waals surface area (Å²) in [4.78, 5) is 22.9. The summed E-state index contributed by atoms with van der Waals surface area (Å²) in [5.41, 5.74) is 1.33. The summed E-state index contributed by atoms with van der Waals surface area (Å²) in [6.07, 6.45) is 2.38.